The second-order valence-electron chi connectivity index (χ2n) is 16.6. The van der Waals surface area contributed by atoms with Crippen LogP contribution in [-0.2, 0) is 6.18 Å². The van der Waals surface area contributed by atoms with Crippen LogP contribution < -0.4 is 0 Å². The first-order valence-corrected chi connectivity index (χ1v) is 21.7. The van der Waals surface area contributed by atoms with Crippen LogP contribution in [0.5, 0.6) is 0 Å². The fourth-order valence-electron chi connectivity index (χ4n) is 9.77. The fraction of sp³-hybridized carbons (Fsp3) is 0.0167. The lowest BCUT2D eigenvalue weighted by Crippen LogP contribution is -2.04. The van der Waals surface area contributed by atoms with Gasteiger partial charge in [-0.25, -0.2) is 4.98 Å². The Morgan fingerprint density at radius 2 is 0.754 bits per heavy atom. The summed E-state index contributed by atoms with van der Waals surface area (Å²) in [5, 5.41) is 7.33. The number of alkyl halides is 3. The third kappa shape index (κ3) is 6.55. The van der Waals surface area contributed by atoms with Crippen LogP contribution in [0, 0.1) is 0 Å². The van der Waals surface area contributed by atoms with Gasteiger partial charge in [-0.15, -0.1) is 0 Å². The van der Waals surface area contributed by atoms with Gasteiger partial charge in [0.15, 0.2) is 0 Å². The van der Waals surface area contributed by atoms with Gasteiger partial charge in [-0.1, -0.05) is 176 Å². The molecule has 0 saturated carbocycles. The average molecular weight is 843 g/mol. The zero-order chi connectivity index (χ0) is 43.6. The molecule has 0 fully saturated rings. The molecule has 0 N–H and O–H groups in total. The number of halogens is 3. The van der Waals surface area contributed by atoms with Crippen LogP contribution in [0.15, 0.2) is 224 Å². The Morgan fingerprint density at radius 3 is 1.23 bits per heavy atom. The number of hydrogen-bond donors (Lipinski definition) is 0. The van der Waals surface area contributed by atoms with E-state index >= 15 is 0 Å². The molecule has 5 heteroatoms. The van der Waals surface area contributed by atoms with Gasteiger partial charge in [0.1, 0.15) is 5.82 Å². The SMILES string of the molecule is FC(F)(F)c1ccc2c(c1)nc(-c1cccc(-c3ccc(-c4cc(-c5ccccc5)c5ccc6c(-c7ccccc7)cc(-c7ccccc7)c7ccc4c5c67)cc3)c1)n2-c1ccccc1. The maximum absolute atomic E-state index is 13.8. The van der Waals surface area contributed by atoms with E-state index in [2.05, 4.69) is 164 Å². The quantitative estimate of drug-likeness (QED) is 0.146. The summed E-state index contributed by atoms with van der Waals surface area (Å²) in [5.74, 6) is 0.567. The highest BCUT2D eigenvalue weighted by molar-refractivity contribution is 6.32. The zero-order valence-electron chi connectivity index (χ0n) is 34.9. The maximum Gasteiger partial charge on any atom is 0.416 e. The molecule has 0 bridgehead atoms. The van der Waals surface area contributed by atoms with Crippen molar-refractivity contribution < 1.29 is 13.2 Å². The maximum atomic E-state index is 13.8. The highest BCUT2D eigenvalue weighted by atomic mass is 19.4. The van der Waals surface area contributed by atoms with Crippen molar-refractivity contribution in [2.45, 2.75) is 6.18 Å². The largest absolute Gasteiger partial charge is 0.416 e. The molecule has 0 aliphatic carbocycles. The first-order chi connectivity index (χ1) is 31.9. The van der Waals surface area contributed by atoms with Gasteiger partial charge >= 0.3 is 6.18 Å². The predicted molar refractivity (Wildman–Crippen MR) is 262 cm³/mol. The lowest BCUT2D eigenvalue weighted by atomic mass is 9.82. The standard InChI is InChI=1S/C60H37F3N2/c61-60(62,63)45-28-33-56-55(35-45)64-59(65(56)46-22-11-4-12-23-46)44-21-13-20-43(34-44)38-24-26-42(27-25-38)54-37-53(41-18-9-3-10-19-41)49-30-29-47-51(39-14-5-1-6-15-39)36-52(40-16-7-2-8-17-40)48-31-32-50(54)58(49)57(47)48/h1-37H. The summed E-state index contributed by atoms with van der Waals surface area (Å²) in [6.07, 6.45) is -4.48. The lowest BCUT2D eigenvalue weighted by Gasteiger charge is -2.21. The number of fused-ring (bicyclic) bond motifs is 1. The molecule has 1 aromatic heterocycles. The highest BCUT2D eigenvalue weighted by Crippen LogP contribution is 2.49. The van der Waals surface area contributed by atoms with Crippen molar-refractivity contribution in [3.8, 4) is 72.7 Å². The number of nitrogens with zero attached hydrogens (tertiary/aromatic N) is 2. The molecule has 0 spiro atoms. The molecule has 1 heterocycles. The van der Waals surface area contributed by atoms with Crippen LogP contribution in [0.4, 0.5) is 13.2 Å². The molecular weight excluding hydrogens is 806 g/mol. The van der Waals surface area contributed by atoms with E-state index in [4.69, 9.17) is 4.98 Å². The average Bonchev–Trinajstić information content (AvgIpc) is 3.75. The third-order valence-electron chi connectivity index (χ3n) is 12.8. The Bertz CT molecular complexity index is 3650. The van der Waals surface area contributed by atoms with Crippen molar-refractivity contribution in [2.75, 3.05) is 0 Å². The minimum atomic E-state index is -4.48. The second-order valence-corrected chi connectivity index (χ2v) is 16.6. The van der Waals surface area contributed by atoms with Gasteiger partial charge in [0.2, 0.25) is 0 Å². The summed E-state index contributed by atoms with van der Waals surface area (Å²) in [7, 11) is 0. The Labute approximate surface area is 373 Å². The smallest absolute Gasteiger partial charge is 0.292 e. The molecule has 0 saturated heterocycles. The molecule has 308 valence electrons. The Hall–Kier alpha value is -8.28. The van der Waals surface area contributed by atoms with Crippen molar-refractivity contribution >= 4 is 43.4 Å². The van der Waals surface area contributed by atoms with Crippen LogP contribution in [0.25, 0.3) is 116 Å². The van der Waals surface area contributed by atoms with Gasteiger partial charge in [-0.2, -0.15) is 13.2 Å². The molecule has 12 rings (SSSR count). The molecule has 0 aliphatic rings. The molecule has 0 aliphatic heterocycles. The predicted octanol–water partition coefficient (Wildman–Crippen LogP) is 16.9. The Morgan fingerprint density at radius 1 is 0.338 bits per heavy atom. The normalized spacial score (nSPS) is 11.9. The van der Waals surface area contributed by atoms with E-state index in [0.29, 0.717) is 11.3 Å². The topological polar surface area (TPSA) is 17.8 Å². The van der Waals surface area contributed by atoms with E-state index in [1.54, 1.807) is 0 Å². The van der Waals surface area contributed by atoms with Crippen LogP contribution in [-0.4, -0.2) is 9.55 Å². The molecule has 12 aromatic rings. The van der Waals surface area contributed by atoms with Gasteiger partial charge < -0.3 is 0 Å². The van der Waals surface area contributed by atoms with E-state index in [0.717, 1.165) is 51.2 Å². The summed E-state index contributed by atoms with van der Waals surface area (Å²) in [4.78, 5) is 4.83. The molecular formula is C60H37F3N2. The van der Waals surface area contributed by atoms with Crippen molar-refractivity contribution in [3.05, 3.63) is 230 Å². The van der Waals surface area contributed by atoms with Gasteiger partial charge in [-0.3, -0.25) is 4.57 Å². The number of hydrogen-bond acceptors (Lipinski definition) is 1. The Kier molecular flexibility index (Phi) is 8.99. The molecule has 0 atom stereocenters. The monoisotopic (exact) mass is 842 g/mol. The minimum Gasteiger partial charge on any atom is -0.292 e. The van der Waals surface area contributed by atoms with E-state index in [-0.39, 0.29) is 5.52 Å². The van der Waals surface area contributed by atoms with Crippen LogP contribution in [0.2, 0.25) is 0 Å². The summed E-state index contributed by atoms with van der Waals surface area (Å²) in [6, 6.07) is 76.2. The van der Waals surface area contributed by atoms with Gasteiger partial charge in [0.25, 0.3) is 0 Å². The highest BCUT2D eigenvalue weighted by Gasteiger charge is 2.31. The summed E-state index contributed by atoms with van der Waals surface area (Å²) in [6.45, 7) is 0. The molecule has 11 aromatic carbocycles. The van der Waals surface area contributed by atoms with Crippen molar-refractivity contribution in [1.29, 1.82) is 0 Å². The zero-order valence-corrected chi connectivity index (χ0v) is 34.9. The number of para-hydroxylation sites is 1. The van der Waals surface area contributed by atoms with E-state index in [1.807, 2.05) is 47.0 Å². The first kappa shape index (κ1) is 38.4. The lowest BCUT2D eigenvalue weighted by molar-refractivity contribution is -0.137. The van der Waals surface area contributed by atoms with Crippen LogP contribution in [0.3, 0.4) is 0 Å². The third-order valence-corrected chi connectivity index (χ3v) is 12.8. The molecule has 2 nitrogen and oxygen atoms in total. The first-order valence-electron chi connectivity index (χ1n) is 21.7. The van der Waals surface area contributed by atoms with Crippen LogP contribution in [0.1, 0.15) is 5.56 Å². The van der Waals surface area contributed by atoms with E-state index in [9.17, 15) is 13.2 Å². The summed E-state index contributed by atoms with van der Waals surface area (Å²) in [5.41, 5.74) is 13.1. The molecule has 0 amide bonds. The second kappa shape index (κ2) is 15.2. The summed E-state index contributed by atoms with van der Waals surface area (Å²) >= 11 is 0. The summed E-state index contributed by atoms with van der Waals surface area (Å²) < 4.78 is 43.4. The van der Waals surface area contributed by atoms with E-state index < -0.39 is 11.7 Å². The van der Waals surface area contributed by atoms with Crippen LogP contribution >= 0.6 is 0 Å². The number of imidazole rings is 1. The van der Waals surface area contributed by atoms with E-state index in [1.165, 1.54) is 66.2 Å². The van der Waals surface area contributed by atoms with Gasteiger partial charge in [0, 0.05) is 11.3 Å². The molecule has 0 unspecified atom stereocenters. The number of rotatable bonds is 7. The van der Waals surface area contributed by atoms with Gasteiger partial charge in [0.05, 0.1) is 16.6 Å². The fourth-order valence-corrected chi connectivity index (χ4v) is 9.77. The molecule has 65 heavy (non-hydrogen) atoms. The van der Waals surface area contributed by atoms with Crippen molar-refractivity contribution in [3.63, 3.8) is 0 Å². The number of benzene rings is 11. The Balaban J connectivity index is 1.03. The van der Waals surface area contributed by atoms with Crippen molar-refractivity contribution in [1.82, 2.24) is 9.55 Å². The van der Waals surface area contributed by atoms with Gasteiger partial charge in [-0.05, 0) is 136 Å². The van der Waals surface area contributed by atoms with Crippen molar-refractivity contribution in [2.24, 2.45) is 0 Å². The number of aromatic nitrogens is 2. The molecule has 0 radical (unpaired) electrons. The minimum absolute atomic E-state index is 0.282.